The first-order valence-electron chi connectivity index (χ1n) is 7.04. The minimum absolute atomic E-state index is 0.00279. The molecule has 5 heteroatoms. The van der Waals surface area contributed by atoms with Gasteiger partial charge >= 0.3 is 0 Å². The van der Waals surface area contributed by atoms with E-state index in [2.05, 4.69) is 4.98 Å². The fourth-order valence-electron chi connectivity index (χ4n) is 2.20. The second-order valence-corrected chi connectivity index (χ2v) is 5.23. The number of nitrogens with zero attached hydrogens (tertiary/aromatic N) is 2. The maximum Gasteiger partial charge on any atom is 0.259 e. The fraction of sp³-hybridized carbons (Fsp3) is 0.600. The van der Waals surface area contributed by atoms with E-state index < -0.39 is 0 Å². The predicted molar refractivity (Wildman–Crippen MR) is 75.9 cm³/mol. The standard InChI is InChI=1S/C15H22N2O3/c1-11(2)17(12-6-7-12)15(18)13-5-4-8-16-14(13)20-10-9-19-3/h4-5,8,11-12H,6-7,9-10H2,1-3H3. The fourth-order valence-corrected chi connectivity index (χ4v) is 2.20. The van der Waals surface area contributed by atoms with Crippen LogP contribution in [0.3, 0.4) is 0 Å². The van der Waals surface area contributed by atoms with Gasteiger partial charge in [0.15, 0.2) is 0 Å². The molecule has 20 heavy (non-hydrogen) atoms. The quantitative estimate of drug-likeness (QED) is 0.717. The molecule has 2 rings (SSSR count). The third kappa shape index (κ3) is 3.48. The van der Waals surface area contributed by atoms with Crippen LogP contribution in [0.4, 0.5) is 0 Å². The highest BCUT2D eigenvalue weighted by Crippen LogP contribution is 2.31. The summed E-state index contributed by atoms with van der Waals surface area (Å²) in [5, 5.41) is 0. The van der Waals surface area contributed by atoms with Crippen molar-refractivity contribution in [3.63, 3.8) is 0 Å². The number of aromatic nitrogens is 1. The lowest BCUT2D eigenvalue weighted by Gasteiger charge is -2.27. The Morgan fingerprint density at radius 1 is 1.45 bits per heavy atom. The predicted octanol–water partition coefficient (Wildman–Crippen LogP) is 2.12. The summed E-state index contributed by atoms with van der Waals surface area (Å²) in [6, 6.07) is 4.09. The van der Waals surface area contributed by atoms with E-state index in [1.165, 1.54) is 0 Å². The van der Waals surface area contributed by atoms with E-state index in [9.17, 15) is 4.79 Å². The lowest BCUT2D eigenvalue weighted by molar-refractivity contribution is 0.0682. The molecule has 0 atom stereocenters. The molecule has 0 N–H and O–H groups in total. The van der Waals surface area contributed by atoms with Crippen molar-refractivity contribution in [2.24, 2.45) is 0 Å². The van der Waals surface area contributed by atoms with E-state index >= 15 is 0 Å². The van der Waals surface area contributed by atoms with Gasteiger partial charge in [-0.2, -0.15) is 0 Å². The van der Waals surface area contributed by atoms with Crippen molar-refractivity contribution in [2.45, 2.75) is 38.8 Å². The normalized spacial score (nSPS) is 14.4. The van der Waals surface area contributed by atoms with Crippen LogP contribution in [-0.4, -0.2) is 48.2 Å². The van der Waals surface area contributed by atoms with Gasteiger partial charge < -0.3 is 14.4 Å². The average Bonchev–Trinajstić information content (AvgIpc) is 3.24. The van der Waals surface area contributed by atoms with Crippen molar-refractivity contribution in [3.8, 4) is 5.88 Å². The van der Waals surface area contributed by atoms with E-state index in [-0.39, 0.29) is 11.9 Å². The molecule has 1 saturated carbocycles. The van der Waals surface area contributed by atoms with Gasteiger partial charge in [-0.1, -0.05) is 0 Å². The first kappa shape index (κ1) is 14.8. The molecule has 1 aromatic rings. The number of methoxy groups -OCH3 is 1. The zero-order chi connectivity index (χ0) is 14.5. The summed E-state index contributed by atoms with van der Waals surface area (Å²) < 4.78 is 10.5. The third-order valence-corrected chi connectivity index (χ3v) is 3.26. The maximum atomic E-state index is 12.7. The van der Waals surface area contributed by atoms with Crippen LogP contribution in [-0.2, 0) is 4.74 Å². The molecule has 0 unspecified atom stereocenters. The second kappa shape index (κ2) is 6.70. The minimum Gasteiger partial charge on any atom is -0.475 e. The van der Waals surface area contributed by atoms with Crippen LogP contribution in [0.1, 0.15) is 37.0 Å². The summed E-state index contributed by atoms with van der Waals surface area (Å²) in [5.41, 5.74) is 0.532. The SMILES string of the molecule is COCCOc1ncccc1C(=O)N(C(C)C)C1CC1. The monoisotopic (exact) mass is 278 g/mol. The molecular formula is C15H22N2O3. The van der Waals surface area contributed by atoms with E-state index in [0.29, 0.717) is 30.7 Å². The first-order valence-corrected chi connectivity index (χ1v) is 7.04. The van der Waals surface area contributed by atoms with Gasteiger partial charge in [-0.25, -0.2) is 4.98 Å². The van der Waals surface area contributed by atoms with Gasteiger partial charge in [-0.05, 0) is 38.8 Å². The maximum absolute atomic E-state index is 12.7. The Morgan fingerprint density at radius 3 is 2.80 bits per heavy atom. The second-order valence-electron chi connectivity index (χ2n) is 5.23. The van der Waals surface area contributed by atoms with Crippen LogP contribution in [0.2, 0.25) is 0 Å². The van der Waals surface area contributed by atoms with Crippen molar-refractivity contribution >= 4 is 5.91 Å². The Hall–Kier alpha value is -1.62. The molecule has 0 bridgehead atoms. The highest BCUT2D eigenvalue weighted by Gasteiger charge is 2.35. The first-order chi connectivity index (χ1) is 9.65. The largest absolute Gasteiger partial charge is 0.475 e. The van der Waals surface area contributed by atoms with Gasteiger partial charge in [0.25, 0.3) is 5.91 Å². The number of carbonyl (C=O) groups is 1. The summed E-state index contributed by atoms with van der Waals surface area (Å²) in [5.74, 6) is 0.392. The minimum atomic E-state index is 0.00279. The van der Waals surface area contributed by atoms with Crippen LogP contribution in [0.15, 0.2) is 18.3 Å². The van der Waals surface area contributed by atoms with Crippen LogP contribution < -0.4 is 4.74 Å². The molecule has 1 amide bonds. The van der Waals surface area contributed by atoms with E-state index in [0.717, 1.165) is 12.8 Å². The highest BCUT2D eigenvalue weighted by atomic mass is 16.5. The molecule has 0 aromatic carbocycles. The molecule has 1 aliphatic rings. The number of ether oxygens (including phenoxy) is 2. The Morgan fingerprint density at radius 2 is 2.20 bits per heavy atom. The molecule has 0 spiro atoms. The topological polar surface area (TPSA) is 51.7 Å². The lowest BCUT2D eigenvalue weighted by Crippen LogP contribution is -2.39. The number of rotatable bonds is 7. The smallest absolute Gasteiger partial charge is 0.259 e. The number of carbonyl (C=O) groups excluding carboxylic acids is 1. The average molecular weight is 278 g/mol. The van der Waals surface area contributed by atoms with Gasteiger partial charge in [-0.3, -0.25) is 4.79 Å². The van der Waals surface area contributed by atoms with Crippen molar-refractivity contribution in [1.29, 1.82) is 0 Å². The summed E-state index contributed by atoms with van der Waals surface area (Å²) in [7, 11) is 1.61. The molecule has 0 radical (unpaired) electrons. The molecular weight excluding hydrogens is 256 g/mol. The van der Waals surface area contributed by atoms with Gasteiger partial charge in [0.2, 0.25) is 5.88 Å². The zero-order valence-electron chi connectivity index (χ0n) is 12.3. The van der Waals surface area contributed by atoms with Crippen molar-refractivity contribution < 1.29 is 14.3 Å². The van der Waals surface area contributed by atoms with E-state index in [1.54, 1.807) is 25.4 Å². The summed E-state index contributed by atoms with van der Waals surface area (Å²) in [4.78, 5) is 18.8. The Bertz CT molecular complexity index is 456. The van der Waals surface area contributed by atoms with E-state index in [1.807, 2.05) is 18.7 Å². The Balaban J connectivity index is 2.15. The molecule has 110 valence electrons. The van der Waals surface area contributed by atoms with Crippen molar-refractivity contribution in [2.75, 3.05) is 20.3 Å². The van der Waals surface area contributed by atoms with Gasteiger partial charge in [0, 0.05) is 25.4 Å². The number of pyridine rings is 1. The zero-order valence-corrected chi connectivity index (χ0v) is 12.3. The van der Waals surface area contributed by atoms with Crippen LogP contribution in [0, 0.1) is 0 Å². The lowest BCUT2D eigenvalue weighted by atomic mass is 10.2. The molecule has 0 saturated heterocycles. The summed E-state index contributed by atoms with van der Waals surface area (Å²) in [6.07, 6.45) is 3.81. The van der Waals surface area contributed by atoms with Crippen molar-refractivity contribution in [1.82, 2.24) is 9.88 Å². The summed E-state index contributed by atoms with van der Waals surface area (Å²) >= 11 is 0. The van der Waals surface area contributed by atoms with Crippen LogP contribution >= 0.6 is 0 Å². The number of hydrogen-bond acceptors (Lipinski definition) is 4. The van der Waals surface area contributed by atoms with Crippen molar-refractivity contribution in [3.05, 3.63) is 23.9 Å². The Kier molecular flexibility index (Phi) is 4.95. The third-order valence-electron chi connectivity index (χ3n) is 3.26. The van der Waals surface area contributed by atoms with E-state index in [4.69, 9.17) is 9.47 Å². The van der Waals surface area contributed by atoms with Gasteiger partial charge in [-0.15, -0.1) is 0 Å². The molecule has 0 aliphatic heterocycles. The van der Waals surface area contributed by atoms with Crippen LogP contribution in [0.25, 0.3) is 0 Å². The number of amides is 1. The summed E-state index contributed by atoms with van der Waals surface area (Å²) in [6.45, 7) is 4.94. The Labute approximate surface area is 119 Å². The van der Waals surface area contributed by atoms with Crippen LogP contribution in [0.5, 0.6) is 5.88 Å². The molecule has 1 heterocycles. The number of hydrogen-bond donors (Lipinski definition) is 0. The molecule has 1 aromatic heterocycles. The van der Waals surface area contributed by atoms with Gasteiger partial charge in [0.05, 0.1) is 6.61 Å². The molecule has 5 nitrogen and oxygen atoms in total. The van der Waals surface area contributed by atoms with Gasteiger partial charge in [0.1, 0.15) is 12.2 Å². The highest BCUT2D eigenvalue weighted by molar-refractivity contribution is 5.96. The molecule has 1 aliphatic carbocycles. The molecule has 1 fully saturated rings.